The van der Waals surface area contributed by atoms with Gasteiger partial charge in [0.1, 0.15) is 18.5 Å². The summed E-state index contributed by atoms with van der Waals surface area (Å²) in [6.07, 6.45) is -0.551. The molecule has 5 heterocycles. The molecule has 4 aromatic heterocycles. The summed E-state index contributed by atoms with van der Waals surface area (Å²) < 4.78 is 13.8. The Morgan fingerprint density at radius 2 is 2.17 bits per heavy atom. The molecule has 0 aliphatic carbocycles. The number of hydrogen-bond donors (Lipinski definition) is 1. The summed E-state index contributed by atoms with van der Waals surface area (Å²) in [7, 11) is 1.92. The average Bonchev–Trinajstić information content (AvgIpc) is 3.56. The molecule has 10 heteroatoms. The molecular formula is C19H18N6O4. The Bertz CT molecular complexity index is 1240. The van der Waals surface area contributed by atoms with Gasteiger partial charge in [-0.05, 0) is 18.2 Å². The van der Waals surface area contributed by atoms with Crippen LogP contribution >= 0.6 is 0 Å². The number of pyridine rings is 1. The minimum absolute atomic E-state index is 0.0175. The normalized spacial score (nSPS) is 16.4. The molecule has 2 bridgehead atoms. The van der Waals surface area contributed by atoms with Crippen LogP contribution in [0.4, 0.5) is 10.6 Å². The maximum Gasteiger partial charge on any atom is 0.412 e. The van der Waals surface area contributed by atoms with E-state index in [1.807, 2.05) is 40.6 Å². The van der Waals surface area contributed by atoms with Crippen LogP contribution in [0.2, 0.25) is 0 Å². The molecule has 1 saturated heterocycles. The number of ether oxygens (including phenoxy) is 2. The van der Waals surface area contributed by atoms with Crippen molar-refractivity contribution in [2.45, 2.75) is 12.7 Å². The number of epoxide rings is 1. The quantitative estimate of drug-likeness (QED) is 0.393. The summed E-state index contributed by atoms with van der Waals surface area (Å²) in [4.78, 5) is 21.6. The number of nitrogens with one attached hydrogen (secondary N) is 1. The molecule has 148 valence electrons. The van der Waals surface area contributed by atoms with Crippen LogP contribution in [-0.4, -0.2) is 44.8 Å². The van der Waals surface area contributed by atoms with Gasteiger partial charge in [-0.1, -0.05) is 29.4 Å². The Morgan fingerprint density at radius 3 is 3.00 bits per heavy atom. The maximum absolute atomic E-state index is 11.8. The average molecular weight is 394 g/mol. The number of carbonyl (C=O) groups is 1. The van der Waals surface area contributed by atoms with Gasteiger partial charge in [-0.15, -0.1) is 5.10 Å². The second-order valence-corrected chi connectivity index (χ2v) is 6.66. The third-order valence-electron chi connectivity index (χ3n) is 4.57. The number of amides is 1. The maximum atomic E-state index is 11.8. The van der Waals surface area contributed by atoms with Gasteiger partial charge < -0.3 is 14.3 Å². The predicted octanol–water partition coefficient (Wildman–Crippen LogP) is 1.64. The number of para-hydroxylation sites is 1. The lowest BCUT2D eigenvalue weighted by Crippen LogP contribution is -2.28. The van der Waals surface area contributed by atoms with Crippen molar-refractivity contribution >= 4 is 28.5 Å². The number of benzene rings is 1. The summed E-state index contributed by atoms with van der Waals surface area (Å²) >= 11 is 0. The molecule has 1 amide bonds. The highest BCUT2D eigenvalue weighted by molar-refractivity contribution is 5.83. The lowest BCUT2D eigenvalue weighted by atomic mass is 10.2. The van der Waals surface area contributed by atoms with Crippen molar-refractivity contribution in [3.8, 4) is 0 Å². The Kier molecular flexibility index (Phi) is 4.24. The topological polar surface area (TPSA) is 108 Å². The number of carbonyl (C=O) groups excluding carboxylic acids is 1. The largest absolute Gasteiger partial charge is 0.446 e. The minimum Gasteiger partial charge on any atom is -0.446 e. The third-order valence-corrected chi connectivity index (χ3v) is 4.57. The molecule has 6 rings (SSSR count). The standard InChI is InChI=1S/C19H18N6O4/c1-24-18-17(14-6-2-3-7-15(14)25(24)22-18)23-29-9-12-5-4-8-16(20-12)21-19(26)28-11-13-10-27-13/h2-8,13H,9-11H2,1H3,(H,20,21,26)/b23-17-. The van der Waals surface area contributed by atoms with E-state index in [4.69, 9.17) is 14.3 Å². The van der Waals surface area contributed by atoms with Crippen molar-refractivity contribution in [3.05, 3.63) is 53.5 Å². The Balaban J connectivity index is 1.29. The van der Waals surface area contributed by atoms with Crippen LogP contribution in [0.5, 0.6) is 0 Å². The molecule has 0 spiro atoms. The van der Waals surface area contributed by atoms with E-state index in [2.05, 4.69) is 20.6 Å². The van der Waals surface area contributed by atoms with Crippen LogP contribution in [0.25, 0.3) is 16.6 Å². The molecule has 1 atom stereocenters. The second-order valence-electron chi connectivity index (χ2n) is 6.66. The van der Waals surface area contributed by atoms with E-state index >= 15 is 0 Å². The first kappa shape index (κ1) is 17.4. The summed E-state index contributed by atoms with van der Waals surface area (Å²) in [6, 6.07) is 13.1. The van der Waals surface area contributed by atoms with Crippen LogP contribution in [0, 0.1) is 0 Å². The van der Waals surface area contributed by atoms with E-state index in [9.17, 15) is 4.79 Å². The second kappa shape index (κ2) is 7.06. The molecule has 1 N–H and O–H groups in total. The highest BCUT2D eigenvalue weighted by atomic mass is 16.6. The molecule has 5 aromatic rings. The number of aryl methyl sites for hydroxylation is 1. The molecule has 29 heavy (non-hydrogen) atoms. The smallest absolute Gasteiger partial charge is 0.412 e. The highest BCUT2D eigenvalue weighted by Crippen LogP contribution is 2.13. The van der Waals surface area contributed by atoms with Crippen molar-refractivity contribution in [1.29, 1.82) is 0 Å². The van der Waals surface area contributed by atoms with Crippen molar-refractivity contribution in [2.75, 3.05) is 18.5 Å². The molecular weight excluding hydrogens is 376 g/mol. The fraction of sp³-hybridized carbons (Fsp3) is 0.263. The Morgan fingerprint density at radius 1 is 1.31 bits per heavy atom. The van der Waals surface area contributed by atoms with Gasteiger partial charge in [0.25, 0.3) is 0 Å². The van der Waals surface area contributed by atoms with Crippen molar-refractivity contribution in [2.24, 2.45) is 12.2 Å². The van der Waals surface area contributed by atoms with E-state index in [-0.39, 0.29) is 19.3 Å². The zero-order valence-electron chi connectivity index (χ0n) is 15.6. The fourth-order valence-corrected chi connectivity index (χ4v) is 3.01. The van der Waals surface area contributed by atoms with Crippen LogP contribution < -0.4 is 10.7 Å². The fourth-order valence-electron chi connectivity index (χ4n) is 3.01. The molecule has 0 radical (unpaired) electrons. The highest BCUT2D eigenvalue weighted by Gasteiger charge is 2.24. The van der Waals surface area contributed by atoms with E-state index in [0.717, 1.165) is 16.6 Å². The molecule has 10 nitrogen and oxygen atoms in total. The number of anilines is 1. The number of rotatable bonds is 6. The summed E-state index contributed by atoms with van der Waals surface area (Å²) in [6.45, 7) is 1.02. The van der Waals surface area contributed by atoms with Crippen molar-refractivity contribution < 1.29 is 19.1 Å². The molecule has 0 saturated carbocycles. The van der Waals surface area contributed by atoms with Gasteiger partial charge in [0, 0.05) is 12.4 Å². The Hall–Kier alpha value is -3.66. The number of nitrogens with zero attached hydrogens (tertiary/aromatic N) is 5. The van der Waals surface area contributed by atoms with Crippen molar-refractivity contribution in [3.63, 3.8) is 0 Å². The molecule has 1 unspecified atom stereocenters. The van der Waals surface area contributed by atoms with Gasteiger partial charge in [0.15, 0.2) is 12.0 Å². The van der Waals surface area contributed by atoms with E-state index in [0.29, 0.717) is 23.5 Å². The molecule has 1 aromatic carbocycles. The number of hydrogen-bond acceptors (Lipinski definition) is 7. The molecule has 1 fully saturated rings. The van der Waals surface area contributed by atoms with E-state index in [1.54, 1.807) is 18.2 Å². The van der Waals surface area contributed by atoms with Gasteiger partial charge in [-0.25, -0.2) is 14.5 Å². The lowest BCUT2D eigenvalue weighted by Gasteiger charge is -2.16. The van der Waals surface area contributed by atoms with Gasteiger partial charge in [0.05, 0.1) is 17.8 Å². The summed E-state index contributed by atoms with van der Waals surface area (Å²) in [5, 5.41) is 12.9. The van der Waals surface area contributed by atoms with Gasteiger partial charge in [-0.3, -0.25) is 5.32 Å². The van der Waals surface area contributed by atoms with Crippen LogP contribution in [0.15, 0.2) is 47.6 Å². The Labute approximate surface area is 164 Å². The monoisotopic (exact) mass is 394 g/mol. The third kappa shape index (κ3) is 3.45. The first-order valence-corrected chi connectivity index (χ1v) is 9.12. The van der Waals surface area contributed by atoms with Crippen LogP contribution in [0.1, 0.15) is 5.69 Å². The van der Waals surface area contributed by atoms with E-state index in [1.165, 1.54) is 0 Å². The van der Waals surface area contributed by atoms with Gasteiger partial charge in [-0.2, -0.15) is 4.63 Å². The molecule has 1 aliphatic heterocycles. The zero-order valence-corrected chi connectivity index (χ0v) is 15.6. The minimum atomic E-state index is -0.569. The van der Waals surface area contributed by atoms with Crippen LogP contribution in [-0.2, 0) is 28.0 Å². The summed E-state index contributed by atoms with van der Waals surface area (Å²) in [5.41, 5.74) is 2.31. The van der Waals surface area contributed by atoms with E-state index < -0.39 is 6.09 Å². The van der Waals surface area contributed by atoms with Gasteiger partial charge in [0.2, 0.25) is 5.65 Å². The first-order valence-electron chi connectivity index (χ1n) is 9.12. The lowest BCUT2D eigenvalue weighted by molar-refractivity contribution is 0.118. The first-order chi connectivity index (χ1) is 14.2. The van der Waals surface area contributed by atoms with Crippen molar-refractivity contribution in [1.82, 2.24) is 19.4 Å². The predicted molar refractivity (Wildman–Crippen MR) is 102 cm³/mol. The van der Waals surface area contributed by atoms with Gasteiger partial charge >= 0.3 is 6.09 Å². The molecule has 1 aliphatic rings. The zero-order chi connectivity index (χ0) is 19.8. The van der Waals surface area contributed by atoms with Crippen LogP contribution in [0.3, 0.4) is 0 Å². The summed E-state index contributed by atoms with van der Waals surface area (Å²) in [5.74, 6) is 0.377. The number of aromatic nitrogens is 4. The SMILES string of the molecule is Cn1c2nn1c1ccccc1/c2=N/OCc1cccc(NC(=O)OCC2CO2)n1.